The number of benzene rings is 1. The number of hydrogen-bond acceptors (Lipinski definition) is 2. The maximum absolute atomic E-state index is 5.81. The molecule has 0 spiro atoms. The van der Waals surface area contributed by atoms with E-state index in [1.807, 2.05) is 24.3 Å². The van der Waals surface area contributed by atoms with Gasteiger partial charge in [-0.2, -0.15) is 0 Å². The number of rotatable bonds is 6. The van der Waals surface area contributed by atoms with Gasteiger partial charge in [-0.25, -0.2) is 0 Å². The third-order valence-corrected chi connectivity index (χ3v) is 2.41. The van der Waals surface area contributed by atoms with Crippen molar-refractivity contribution in [3.63, 3.8) is 0 Å². The molecule has 1 rings (SSSR count). The number of para-hydroxylation sites is 1. The quantitative estimate of drug-likeness (QED) is 0.578. The average Bonchev–Trinajstić information content (AvgIpc) is 2.24. The SMILES string of the molecule is CN(C)CCCOc1ccccc1CCl.Cl. The summed E-state index contributed by atoms with van der Waals surface area (Å²) in [5.74, 6) is 1.41. The second-order valence-corrected chi connectivity index (χ2v) is 4.01. The summed E-state index contributed by atoms with van der Waals surface area (Å²) in [6.07, 6.45) is 1.03. The fraction of sp³-hybridized carbons (Fsp3) is 0.500. The van der Waals surface area contributed by atoms with E-state index in [1.54, 1.807) is 0 Å². The van der Waals surface area contributed by atoms with Gasteiger partial charge in [0.1, 0.15) is 5.75 Å². The Morgan fingerprint density at radius 1 is 1.25 bits per heavy atom. The summed E-state index contributed by atoms with van der Waals surface area (Å²) in [7, 11) is 4.12. The monoisotopic (exact) mass is 263 g/mol. The van der Waals surface area contributed by atoms with Gasteiger partial charge in [-0.05, 0) is 26.6 Å². The van der Waals surface area contributed by atoms with Crippen LogP contribution in [0.3, 0.4) is 0 Å². The van der Waals surface area contributed by atoms with Gasteiger partial charge < -0.3 is 9.64 Å². The lowest BCUT2D eigenvalue weighted by Gasteiger charge is -2.12. The third kappa shape index (κ3) is 5.59. The van der Waals surface area contributed by atoms with E-state index in [4.69, 9.17) is 16.3 Å². The number of nitrogens with zero attached hydrogens (tertiary/aromatic N) is 1. The molecule has 0 saturated carbocycles. The van der Waals surface area contributed by atoms with Crippen LogP contribution in [0, 0.1) is 0 Å². The molecule has 16 heavy (non-hydrogen) atoms. The van der Waals surface area contributed by atoms with Crippen molar-refractivity contribution in [2.75, 3.05) is 27.2 Å². The van der Waals surface area contributed by atoms with Gasteiger partial charge in [-0.15, -0.1) is 24.0 Å². The zero-order chi connectivity index (χ0) is 11.1. The van der Waals surface area contributed by atoms with Crippen molar-refractivity contribution in [3.05, 3.63) is 29.8 Å². The minimum atomic E-state index is 0. The van der Waals surface area contributed by atoms with E-state index in [-0.39, 0.29) is 12.4 Å². The van der Waals surface area contributed by atoms with Gasteiger partial charge in [-0.1, -0.05) is 18.2 Å². The molecule has 0 aliphatic carbocycles. The van der Waals surface area contributed by atoms with Crippen molar-refractivity contribution in [1.82, 2.24) is 4.90 Å². The zero-order valence-electron chi connectivity index (χ0n) is 9.78. The molecule has 0 amide bonds. The van der Waals surface area contributed by atoms with Gasteiger partial charge in [0.15, 0.2) is 0 Å². The van der Waals surface area contributed by atoms with E-state index < -0.39 is 0 Å². The Morgan fingerprint density at radius 3 is 2.56 bits per heavy atom. The molecule has 1 aromatic rings. The first-order valence-electron chi connectivity index (χ1n) is 5.15. The summed E-state index contributed by atoms with van der Waals surface area (Å²) < 4.78 is 5.67. The zero-order valence-corrected chi connectivity index (χ0v) is 11.4. The highest BCUT2D eigenvalue weighted by atomic mass is 35.5. The van der Waals surface area contributed by atoms with Crippen LogP contribution in [0.4, 0.5) is 0 Å². The van der Waals surface area contributed by atoms with Crippen LogP contribution >= 0.6 is 24.0 Å². The molecule has 0 fully saturated rings. The minimum absolute atomic E-state index is 0. The Labute approximate surface area is 109 Å². The van der Waals surface area contributed by atoms with Crippen LogP contribution in [0.25, 0.3) is 0 Å². The predicted octanol–water partition coefficient (Wildman–Crippen LogP) is 3.18. The molecule has 0 saturated heterocycles. The van der Waals surface area contributed by atoms with E-state index in [2.05, 4.69) is 19.0 Å². The normalized spacial score (nSPS) is 10.0. The molecule has 1 aromatic carbocycles. The van der Waals surface area contributed by atoms with Crippen LogP contribution in [0.1, 0.15) is 12.0 Å². The molecular weight excluding hydrogens is 245 g/mol. The Balaban J connectivity index is 0.00000225. The molecule has 2 nitrogen and oxygen atoms in total. The summed E-state index contributed by atoms with van der Waals surface area (Å²) in [5.41, 5.74) is 1.06. The first-order chi connectivity index (χ1) is 7.24. The van der Waals surface area contributed by atoms with Crippen LogP contribution in [0.2, 0.25) is 0 Å². The second-order valence-electron chi connectivity index (χ2n) is 3.75. The Bertz CT molecular complexity index is 292. The van der Waals surface area contributed by atoms with Gasteiger partial charge >= 0.3 is 0 Å². The van der Waals surface area contributed by atoms with Crippen LogP contribution < -0.4 is 4.74 Å². The van der Waals surface area contributed by atoms with Crippen molar-refractivity contribution in [2.24, 2.45) is 0 Å². The highest BCUT2D eigenvalue weighted by molar-refractivity contribution is 6.17. The molecule has 0 heterocycles. The highest BCUT2D eigenvalue weighted by Gasteiger charge is 2.00. The van der Waals surface area contributed by atoms with Crippen molar-refractivity contribution in [2.45, 2.75) is 12.3 Å². The average molecular weight is 264 g/mol. The van der Waals surface area contributed by atoms with Gasteiger partial charge in [0.25, 0.3) is 0 Å². The van der Waals surface area contributed by atoms with E-state index in [0.29, 0.717) is 5.88 Å². The summed E-state index contributed by atoms with van der Waals surface area (Å²) in [5, 5.41) is 0. The lowest BCUT2D eigenvalue weighted by Crippen LogP contribution is -2.15. The maximum Gasteiger partial charge on any atom is 0.123 e. The van der Waals surface area contributed by atoms with Gasteiger partial charge in [-0.3, -0.25) is 0 Å². The number of hydrogen-bond donors (Lipinski definition) is 0. The van der Waals surface area contributed by atoms with Crippen molar-refractivity contribution < 1.29 is 4.74 Å². The molecule has 0 atom stereocenters. The maximum atomic E-state index is 5.81. The standard InChI is InChI=1S/C12H18ClNO.ClH/c1-14(2)8-5-9-15-12-7-4-3-6-11(12)10-13;/h3-4,6-7H,5,8-10H2,1-2H3;1H. The summed E-state index contributed by atoms with van der Waals surface area (Å²) in [6, 6.07) is 7.91. The fourth-order valence-corrected chi connectivity index (χ4v) is 1.54. The molecule has 0 bridgehead atoms. The van der Waals surface area contributed by atoms with E-state index >= 15 is 0 Å². The first-order valence-corrected chi connectivity index (χ1v) is 5.69. The molecule has 92 valence electrons. The van der Waals surface area contributed by atoms with Crippen LogP contribution in [-0.2, 0) is 5.88 Å². The molecule has 4 heteroatoms. The van der Waals surface area contributed by atoms with Crippen LogP contribution in [-0.4, -0.2) is 32.1 Å². The predicted molar refractivity (Wildman–Crippen MR) is 71.9 cm³/mol. The van der Waals surface area contributed by atoms with E-state index in [1.165, 1.54) is 0 Å². The summed E-state index contributed by atoms with van der Waals surface area (Å²) in [6.45, 7) is 1.79. The smallest absolute Gasteiger partial charge is 0.123 e. The largest absolute Gasteiger partial charge is 0.493 e. The summed E-state index contributed by atoms with van der Waals surface area (Å²) in [4.78, 5) is 2.15. The van der Waals surface area contributed by atoms with Crippen molar-refractivity contribution in [1.29, 1.82) is 0 Å². The summed E-state index contributed by atoms with van der Waals surface area (Å²) >= 11 is 5.81. The highest BCUT2D eigenvalue weighted by Crippen LogP contribution is 2.19. The molecule has 0 aliphatic rings. The van der Waals surface area contributed by atoms with E-state index in [9.17, 15) is 0 Å². The first kappa shape index (κ1) is 15.6. The number of halogens is 2. The Hall–Kier alpha value is -0.440. The molecular formula is C12H19Cl2NO. The fourth-order valence-electron chi connectivity index (χ4n) is 1.32. The topological polar surface area (TPSA) is 12.5 Å². The Morgan fingerprint density at radius 2 is 1.94 bits per heavy atom. The van der Waals surface area contributed by atoms with Crippen LogP contribution in [0.15, 0.2) is 24.3 Å². The van der Waals surface area contributed by atoms with Crippen LogP contribution in [0.5, 0.6) is 5.75 Å². The minimum Gasteiger partial charge on any atom is -0.493 e. The number of alkyl halides is 1. The Kier molecular flexibility index (Phi) is 8.44. The molecule has 0 radical (unpaired) electrons. The van der Waals surface area contributed by atoms with Crippen molar-refractivity contribution in [3.8, 4) is 5.75 Å². The molecule has 0 N–H and O–H groups in total. The van der Waals surface area contributed by atoms with Crippen molar-refractivity contribution >= 4 is 24.0 Å². The molecule has 0 aliphatic heterocycles. The second kappa shape index (κ2) is 8.68. The van der Waals surface area contributed by atoms with Gasteiger partial charge in [0.2, 0.25) is 0 Å². The lowest BCUT2D eigenvalue weighted by molar-refractivity contribution is 0.280. The van der Waals surface area contributed by atoms with Gasteiger partial charge in [0, 0.05) is 12.1 Å². The molecule has 0 unspecified atom stereocenters. The lowest BCUT2D eigenvalue weighted by atomic mass is 10.2. The van der Waals surface area contributed by atoms with E-state index in [0.717, 1.165) is 30.9 Å². The third-order valence-electron chi connectivity index (χ3n) is 2.12. The molecule has 0 aromatic heterocycles. The number of ether oxygens (including phenoxy) is 1. The van der Waals surface area contributed by atoms with Gasteiger partial charge in [0.05, 0.1) is 12.5 Å².